The number of hydrogen-bond donors (Lipinski definition) is 1. The third-order valence-electron chi connectivity index (χ3n) is 5.19. The molecule has 0 saturated heterocycles. The van der Waals surface area contributed by atoms with Crippen molar-refractivity contribution in [1.82, 2.24) is 34.7 Å². The molecule has 0 spiro atoms. The number of carbonyl (C=O) groups excluding carboxylic acids is 1. The molecular formula is C20H19N7O. The highest BCUT2D eigenvalue weighted by Gasteiger charge is 2.23. The van der Waals surface area contributed by atoms with Crippen LogP contribution in [0.1, 0.15) is 29.0 Å². The maximum Gasteiger partial charge on any atom is 0.255 e. The highest BCUT2D eigenvalue weighted by molar-refractivity contribution is 6.00. The predicted octanol–water partition coefficient (Wildman–Crippen LogP) is 2.12. The molecule has 0 aromatic carbocycles. The molecule has 0 saturated carbocycles. The molecule has 140 valence electrons. The van der Waals surface area contributed by atoms with Crippen LogP contribution in [0, 0.1) is 0 Å². The number of amides is 1. The summed E-state index contributed by atoms with van der Waals surface area (Å²) in [5, 5.41) is 16.1. The van der Waals surface area contributed by atoms with Crippen molar-refractivity contribution in [2.75, 3.05) is 0 Å². The quantitative estimate of drug-likeness (QED) is 0.594. The van der Waals surface area contributed by atoms with Gasteiger partial charge in [-0.05, 0) is 37.1 Å². The van der Waals surface area contributed by atoms with Crippen LogP contribution in [-0.2, 0) is 13.0 Å². The lowest BCUT2D eigenvalue weighted by molar-refractivity contribution is 0.0934. The zero-order valence-electron chi connectivity index (χ0n) is 15.2. The molecule has 1 aliphatic rings. The maximum absolute atomic E-state index is 12.8. The number of aryl methyl sites for hydroxylation is 1. The second-order valence-electron chi connectivity index (χ2n) is 6.91. The van der Waals surface area contributed by atoms with Crippen LogP contribution >= 0.6 is 0 Å². The molecule has 28 heavy (non-hydrogen) atoms. The Bertz CT molecular complexity index is 1130. The van der Waals surface area contributed by atoms with E-state index in [2.05, 4.69) is 30.2 Å². The SMILES string of the molecule is O=C(NC1CCc2nnc(-c3ccncc3)n2CC1)c1cnn2ccccc12. The Kier molecular flexibility index (Phi) is 4.08. The van der Waals surface area contributed by atoms with E-state index in [1.165, 1.54) is 0 Å². The van der Waals surface area contributed by atoms with Gasteiger partial charge in [0.25, 0.3) is 5.91 Å². The van der Waals surface area contributed by atoms with Gasteiger partial charge in [0, 0.05) is 43.2 Å². The van der Waals surface area contributed by atoms with E-state index in [0.29, 0.717) is 5.56 Å². The van der Waals surface area contributed by atoms with Crippen LogP contribution in [0.4, 0.5) is 0 Å². The van der Waals surface area contributed by atoms with Crippen molar-refractivity contribution >= 4 is 11.4 Å². The number of hydrogen-bond acceptors (Lipinski definition) is 5. The fourth-order valence-corrected chi connectivity index (χ4v) is 3.72. The monoisotopic (exact) mass is 373 g/mol. The van der Waals surface area contributed by atoms with Gasteiger partial charge >= 0.3 is 0 Å². The molecular weight excluding hydrogens is 354 g/mol. The van der Waals surface area contributed by atoms with Gasteiger partial charge in [0.15, 0.2) is 5.82 Å². The summed E-state index contributed by atoms with van der Waals surface area (Å²) in [6, 6.07) is 9.66. The van der Waals surface area contributed by atoms with E-state index in [9.17, 15) is 4.79 Å². The molecule has 4 aromatic rings. The van der Waals surface area contributed by atoms with Gasteiger partial charge in [0.05, 0.1) is 17.3 Å². The Morgan fingerprint density at radius 1 is 1.11 bits per heavy atom. The highest BCUT2D eigenvalue weighted by Crippen LogP contribution is 2.22. The first-order chi connectivity index (χ1) is 13.8. The van der Waals surface area contributed by atoms with Gasteiger partial charge in [-0.2, -0.15) is 5.10 Å². The van der Waals surface area contributed by atoms with Gasteiger partial charge in [-0.15, -0.1) is 10.2 Å². The molecule has 0 radical (unpaired) electrons. The zero-order valence-corrected chi connectivity index (χ0v) is 15.2. The van der Waals surface area contributed by atoms with Gasteiger partial charge in [0.2, 0.25) is 0 Å². The Balaban J connectivity index is 1.32. The average Bonchev–Trinajstić information content (AvgIpc) is 3.30. The fraction of sp³-hybridized carbons (Fsp3) is 0.250. The van der Waals surface area contributed by atoms with Crippen molar-refractivity contribution in [1.29, 1.82) is 0 Å². The Morgan fingerprint density at radius 3 is 2.89 bits per heavy atom. The smallest absolute Gasteiger partial charge is 0.255 e. The first-order valence-corrected chi connectivity index (χ1v) is 9.35. The van der Waals surface area contributed by atoms with Gasteiger partial charge in [-0.1, -0.05) is 6.07 Å². The van der Waals surface area contributed by atoms with Gasteiger partial charge in [-0.25, -0.2) is 4.52 Å². The van der Waals surface area contributed by atoms with Crippen LogP contribution in [-0.4, -0.2) is 41.3 Å². The first-order valence-electron chi connectivity index (χ1n) is 9.35. The number of rotatable bonds is 3. The van der Waals surface area contributed by atoms with E-state index in [1.54, 1.807) is 23.1 Å². The molecule has 1 atom stereocenters. The number of aromatic nitrogens is 6. The third-order valence-corrected chi connectivity index (χ3v) is 5.19. The highest BCUT2D eigenvalue weighted by atomic mass is 16.1. The number of pyridine rings is 2. The van der Waals surface area contributed by atoms with Gasteiger partial charge in [0.1, 0.15) is 5.82 Å². The van der Waals surface area contributed by atoms with Crippen molar-refractivity contribution in [2.45, 2.75) is 31.8 Å². The lowest BCUT2D eigenvalue weighted by Crippen LogP contribution is -2.35. The standard InChI is InChI=1S/C20H19N7O/c28-20(16-13-22-27-11-2-1-3-17(16)27)23-15-4-5-18-24-25-19(26(18)12-8-15)14-6-9-21-10-7-14/h1-3,6-7,9-11,13,15H,4-5,8,12H2,(H,23,28). The zero-order chi connectivity index (χ0) is 18.9. The van der Waals surface area contributed by atoms with E-state index >= 15 is 0 Å². The van der Waals surface area contributed by atoms with Gasteiger partial charge in [-0.3, -0.25) is 9.78 Å². The molecule has 5 rings (SSSR count). The van der Waals surface area contributed by atoms with E-state index in [0.717, 1.165) is 48.5 Å². The fourth-order valence-electron chi connectivity index (χ4n) is 3.72. The lowest BCUT2D eigenvalue weighted by atomic mass is 10.1. The summed E-state index contributed by atoms with van der Waals surface area (Å²) in [4.78, 5) is 16.9. The van der Waals surface area contributed by atoms with Crippen LogP contribution in [0.3, 0.4) is 0 Å². The summed E-state index contributed by atoms with van der Waals surface area (Å²) < 4.78 is 3.86. The normalized spacial score (nSPS) is 16.5. The van der Waals surface area contributed by atoms with E-state index in [1.807, 2.05) is 36.5 Å². The largest absolute Gasteiger partial charge is 0.349 e. The lowest BCUT2D eigenvalue weighted by Gasteiger charge is -2.16. The molecule has 1 aliphatic heterocycles. The third kappa shape index (κ3) is 2.92. The van der Waals surface area contributed by atoms with E-state index in [-0.39, 0.29) is 11.9 Å². The first kappa shape index (κ1) is 16.6. The summed E-state index contributed by atoms with van der Waals surface area (Å²) in [6.45, 7) is 0.764. The summed E-state index contributed by atoms with van der Waals surface area (Å²) in [7, 11) is 0. The molecule has 5 heterocycles. The summed E-state index contributed by atoms with van der Waals surface area (Å²) in [6.07, 6.45) is 9.41. The molecule has 1 amide bonds. The molecule has 1 unspecified atom stereocenters. The summed E-state index contributed by atoms with van der Waals surface area (Å²) in [5.74, 6) is 1.73. The second kappa shape index (κ2) is 6.88. The molecule has 1 N–H and O–H groups in total. The number of nitrogens with one attached hydrogen (secondary N) is 1. The van der Waals surface area contributed by atoms with Crippen LogP contribution in [0.5, 0.6) is 0 Å². The van der Waals surface area contributed by atoms with Crippen molar-refractivity contribution in [3.63, 3.8) is 0 Å². The molecule has 4 aromatic heterocycles. The van der Waals surface area contributed by atoms with Crippen molar-refractivity contribution < 1.29 is 4.79 Å². The molecule has 8 heteroatoms. The minimum Gasteiger partial charge on any atom is -0.349 e. The Labute approximate surface area is 161 Å². The van der Waals surface area contributed by atoms with E-state index < -0.39 is 0 Å². The van der Waals surface area contributed by atoms with Crippen LogP contribution in [0.2, 0.25) is 0 Å². The van der Waals surface area contributed by atoms with Crippen molar-refractivity contribution in [3.8, 4) is 11.4 Å². The number of nitrogens with zero attached hydrogens (tertiary/aromatic N) is 6. The number of fused-ring (bicyclic) bond motifs is 2. The molecule has 0 aliphatic carbocycles. The minimum absolute atomic E-state index is 0.0816. The molecule has 0 fully saturated rings. The average molecular weight is 373 g/mol. The van der Waals surface area contributed by atoms with E-state index in [4.69, 9.17) is 0 Å². The minimum atomic E-state index is -0.0850. The molecule has 0 bridgehead atoms. The topological polar surface area (TPSA) is 90.0 Å². The Morgan fingerprint density at radius 2 is 2.00 bits per heavy atom. The van der Waals surface area contributed by atoms with Crippen LogP contribution < -0.4 is 5.32 Å². The van der Waals surface area contributed by atoms with Gasteiger partial charge < -0.3 is 9.88 Å². The number of carbonyl (C=O) groups is 1. The van der Waals surface area contributed by atoms with Crippen LogP contribution in [0.15, 0.2) is 55.1 Å². The summed E-state index contributed by atoms with van der Waals surface area (Å²) in [5.41, 5.74) is 2.41. The van der Waals surface area contributed by atoms with Crippen LogP contribution in [0.25, 0.3) is 16.9 Å². The van der Waals surface area contributed by atoms with Crippen molar-refractivity contribution in [3.05, 3.63) is 66.5 Å². The summed E-state index contributed by atoms with van der Waals surface area (Å²) >= 11 is 0. The molecule has 8 nitrogen and oxygen atoms in total. The maximum atomic E-state index is 12.8. The Hall–Kier alpha value is -3.55. The van der Waals surface area contributed by atoms with Crippen molar-refractivity contribution in [2.24, 2.45) is 0 Å². The predicted molar refractivity (Wildman–Crippen MR) is 103 cm³/mol. The second-order valence-corrected chi connectivity index (χ2v) is 6.91.